The average Bonchev–Trinajstić information content (AvgIpc) is 2.85. The molecule has 0 spiro atoms. The van der Waals surface area contributed by atoms with Gasteiger partial charge >= 0.3 is 0 Å². The van der Waals surface area contributed by atoms with E-state index in [9.17, 15) is 4.79 Å². The lowest BCUT2D eigenvalue weighted by atomic mass is 9.92. The Balaban J connectivity index is 0.00000192. The number of hydrogen-bond donors (Lipinski definition) is 1. The van der Waals surface area contributed by atoms with Crippen LogP contribution >= 0.6 is 12.4 Å². The van der Waals surface area contributed by atoms with E-state index in [0.29, 0.717) is 12.3 Å². The Kier molecular flexibility index (Phi) is 6.49. The van der Waals surface area contributed by atoms with Crippen molar-refractivity contribution in [2.75, 3.05) is 26.2 Å². The lowest BCUT2D eigenvalue weighted by molar-refractivity contribution is -0.131. The van der Waals surface area contributed by atoms with Crippen molar-refractivity contribution in [3.63, 3.8) is 0 Å². The second kappa shape index (κ2) is 8.16. The van der Waals surface area contributed by atoms with Gasteiger partial charge in [0.15, 0.2) is 0 Å². The molecule has 1 aromatic rings. The number of fused-ring (bicyclic) bond motifs is 1. The van der Waals surface area contributed by atoms with Crippen LogP contribution in [0.15, 0.2) is 18.2 Å². The molecular weight excluding hydrogens is 308 g/mol. The number of nitrogens with zero attached hydrogens (tertiary/aromatic N) is 1. The molecule has 3 nitrogen and oxygen atoms in total. The first kappa shape index (κ1) is 18.3. The van der Waals surface area contributed by atoms with Crippen LogP contribution in [0.2, 0.25) is 0 Å². The zero-order valence-electron chi connectivity index (χ0n) is 14.3. The number of nitrogens with one attached hydrogen (secondary N) is 1. The number of benzene rings is 1. The molecule has 128 valence electrons. The predicted molar refractivity (Wildman–Crippen MR) is 97.1 cm³/mol. The largest absolute Gasteiger partial charge is 0.343 e. The Hall–Kier alpha value is -1.06. The lowest BCUT2D eigenvalue weighted by Crippen LogP contribution is -2.32. The second-order valence-corrected chi connectivity index (χ2v) is 7.07. The van der Waals surface area contributed by atoms with Crippen molar-refractivity contribution in [2.45, 2.75) is 39.5 Å². The number of carbonyl (C=O) groups excluding carboxylic acids is 1. The first-order valence-electron chi connectivity index (χ1n) is 8.68. The summed E-state index contributed by atoms with van der Waals surface area (Å²) in [5.41, 5.74) is 3.92. The van der Waals surface area contributed by atoms with Crippen molar-refractivity contribution >= 4 is 18.3 Å². The summed E-state index contributed by atoms with van der Waals surface area (Å²) in [5, 5.41) is 3.49. The fraction of sp³-hybridized carbons (Fsp3) is 0.632. The van der Waals surface area contributed by atoms with Crippen LogP contribution in [-0.2, 0) is 11.2 Å². The molecular formula is C19H29ClN2O. The minimum Gasteiger partial charge on any atom is -0.343 e. The summed E-state index contributed by atoms with van der Waals surface area (Å²) in [4.78, 5) is 14.6. The molecule has 0 aromatic heterocycles. The molecule has 2 aliphatic heterocycles. The number of rotatable bonds is 3. The maximum absolute atomic E-state index is 12.5. The summed E-state index contributed by atoms with van der Waals surface area (Å²) in [6.07, 6.45) is 3.87. The van der Waals surface area contributed by atoms with E-state index in [2.05, 4.69) is 42.3 Å². The minimum atomic E-state index is 0. The molecule has 0 unspecified atom stereocenters. The van der Waals surface area contributed by atoms with Crippen LogP contribution in [0.1, 0.15) is 36.0 Å². The van der Waals surface area contributed by atoms with E-state index in [1.165, 1.54) is 29.5 Å². The molecule has 0 bridgehead atoms. The fourth-order valence-corrected chi connectivity index (χ4v) is 3.99. The normalized spacial score (nSPS) is 23.8. The third-order valence-corrected chi connectivity index (χ3v) is 5.48. The molecule has 2 aliphatic rings. The third kappa shape index (κ3) is 4.48. The molecule has 1 aromatic carbocycles. The van der Waals surface area contributed by atoms with Gasteiger partial charge in [-0.25, -0.2) is 0 Å². The number of hydrogen-bond acceptors (Lipinski definition) is 2. The van der Waals surface area contributed by atoms with E-state index in [1.54, 1.807) is 0 Å². The monoisotopic (exact) mass is 336 g/mol. The highest BCUT2D eigenvalue weighted by atomic mass is 35.5. The highest BCUT2D eigenvalue weighted by Gasteiger charge is 2.31. The van der Waals surface area contributed by atoms with Crippen LogP contribution < -0.4 is 5.32 Å². The van der Waals surface area contributed by atoms with Crippen LogP contribution in [0.5, 0.6) is 0 Å². The first-order chi connectivity index (χ1) is 10.6. The maximum Gasteiger partial charge on any atom is 0.222 e. The average molecular weight is 337 g/mol. The highest BCUT2D eigenvalue weighted by Crippen LogP contribution is 2.27. The summed E-state index contributed by atoms with van der Waals surface area (Å²) in [7, 11) is 0. The van der Waals surface area contributed by atoms with Gasteiger partial charge < -0.3 is 10.2 Å². The molecule has 1 N–H and O–H groups in total. The highest BCUT2D eigenvalue weighted by molar-refractivity contribution is 5.85. The second-order valence-electron chi connectivity index (χ2n) is 7.07. The van der Waals surface area contributed by atoms with E-state index in [-0.39, 0.29) is 12.4 Å². The Morgan fingerprint density at radius 3 is 2.43 bits per heavy atom. The van der Waals surface area contributed by atoms with Crippen LogP contribution in [0.3, 0.4) is 0 Å². The Morgan fingerprint density at radius 2 is 1.83 bits per heavy atom. The summed E-state index contributed by atoms with van der Waals surface area (Å²) < 4.78 is 0. The van der Waals surface area contributed by atoms with Crippen molar-refractivity contribution in [3.8, 4) is 0 Å². The number of aryl methyl sites for hydroxylation is 3. The van der Waals surface area contributed by atoms with Gasteiger partial charge in [-0.3, -0.25) is 4.79 Å². The standard InChI is InChI=1S/C19H28N2O.ClH/c1-14-3-4-16(15(2)11-14)5-6-19(22)21-9-7-17-12-20-13-18(17)8-10-21;/h3-4,11,17-18,20H,5-10,12-13H2,1-2H3;1H/t17-,18+;. The van der Waals surface area contributed by atoms with Crippen molar-refractivity contribution in [3.05, 3.63) is 34.9 Å². The third-order valence-electron chi connectivity index (χ3n) is 5.48. The maximum atomic E-state index is 12.5. The number of amides is 1. The van der Waals surface area contributed by atoms with E-state index >= 15 is 0 Å². The zero-order valence-corrected chi connectivity index (χ0v) is 15.1. The SMILES string of the molecule is Cc1ccc(CCC(=O)N2CC[C@@H]3CNC[C@@H]3CC2)c(C)c1.Cl. The van der Waals surface area contributed by atoms with Gasteiger partial charge in [-0.05, 0) is 69.2 Å². The summed E-state index contributed by atoms with van der Waals surface area (Å²) >= 11 is 0. The number of likely N-dealkylation sites (tertiary alicyclic amines) is 1. The van der Waals surface area contributed by atoms with Gasteiger partial charge in [0.2, 0.25) is 5.91 Å². The molecule has 4 heteroatoms. The summed E-state index contributed by atoms with van der Waals surface area (Å²) in [5.74, 6) is 1.92. The van der Waals surface area contributed by atoms with Gasteiger partial charge in [0.1, 0.15) is 0 Å². The quantitative estimate of drug-likeness (QED) is 0.919. The Labute approximate surface area is 146 Å². The van der Waals surface area contributed by atoms with Gasteiger partial charge in [0.05, 0.1) is 0 Å². The molecule has 1 amide bonds. The van der Waals surface area contributed by atoms with E-state index in [0.717, 1.165) is 44.4 Å². The van der Waals surface area contributed by atoms with Crippen molar-refractivity contribution in [1.82, 2.24) is 10.2 Å². The lowest BCUT2D eigenvalue weighted by Gasteiger charge is -2.21. The van der Waals surface area contributed by atoms with Gasteiger partial charge in [-0.15, -0.1) is 12.4 Å². The smallest absolute Gasteiger partial charge is 0.222 e. The predicted octanol–water partition coefficient (Wildman–Crippen LogP) is 3.12. The van der Waals surface area contributed by atoms with E-state index in [4.69, 9.17) is 0 Å². The fourth-order valence-electron chi connectivity index (χ4n) is 3.99. The molecule has 0 aliphatic carbocycles. The molecule has 23 heavy (non-hydrogen) atoms. The molecule has 2 atom stereocenters. The van der Waals surface area contributed by atoms with Crippen molar-refractivity contribution in [2.24, 2.45) is 11.8 Å². The Morgan fingerprint density at radius 1 is 1.17 bits per heavy atom. The van der Waals surface area contributed by atoms with Crippen LogP contribution in [-0.4, -0.2) is 37.0 Å². The zero-order chi connectivity index (χ0) is 15.5. The molecule has 0 saturated carbocycles. The van der Waals surface area contributed by atoms with E-state index < -0.39 is 0 Å². The van der Waals surface area contributed by atoms with Gasteiger partial charge in [0, 0.05) is 19.5 Å². The molecule has 2 saturated heterocycles. The molecule has 0 radical (unpaired) electrons. The van der Waals surface area contributed by atoms with Gasteiger partial charge in [0.25, 0.3) is 0 Å². The Bertz CT molecular complexity index is 532. The first-order valence-corrected chi connectivity index (χ1v) is 8.68. The van der Waals surface area contributed by atoms with Crippen LogP contribution in [0, 0.1) is 25.7 Å². The van der Waals surface area contributed by atoms with Crippen molar-refractivity contribution < 1.29 is 4.79 Å². The molecule has 2 heterocycles. The van der Waals surface area contributed by atoms with Gasteiger partial charge in [-0.2, -0.15) is 0 Å². The summed E-state index contributed by atoms with van der Waals surface area (Å²) in [6.45, 7) is 8.46. The van der Waals surface area contributed by atoms with Gasteiger partial charge in [-0.1, -0.05) is 23.8 Å². The van der Waals surface area contributed by atoms with Crippen LogP contribution in [0.4, 0.5) is 0 Å². The number of carbonyl (C=O) groups is 1. The minimum absolute atomic E-state index is 0. The topological polar surface area (TPSA) is 32.3 Å². The number of halogens is 1. The molecule has 3 rings (SSSR count). The molecule has 2 fully saturated rings. The summed E-state index contributed by atoms with van der Waals surface area (Å²) in [6, 6.07) is 6.53. The van der Waals surface area contributed by atoms with Crippen LogP contribution in [0.25, 0.3) is 0 Å². The van der Waals surface area contributed by atoms with Crippen molar-refractivity contribution in [1.29, 1.82) is 0 Å². The van der Waals surface area contributed by atoms with E-state index in [1.807, 2.05) is 0 Å².